The van der Waals surface area contributed by atoms with Gasteiger partial charge in [-0.2, -0.15) is 0 Å². The second-order valence-corrected chi connectivity index (χ2v) is 5.93. The van der Waals surface area contributed by atoms with Crippen molar-refractivity contribution in [2.75, 3.05) is 11.9 Å². The maximum absolute atomic E-state index is 12.5. The summed E-state index contributed by atoms with van der Waals surface area (Å²) < 4.78 is 0. The molecule has 0 aliphatic rings. The van der Waals surface area contributed by atoms with Crippen molar-refractivity contribution in [3.8, 4) is 0 Å². The van der Waals surface area contributed by atoms with Crippen LogP contribution in [0.4, 0.5) is 5.69 Å². The SMILES string of the molecule is CCCNC(=O)C(=O)Nc1ccccc1C(=O)NCc1cccc(C)c1. The van der Waals surface area contributed by atoms with Crippen molar-refractivity contribution in [3.05, 3.63) is 65.2 Å². The molecule has 0 unspecified atom stereocenters. The molecule has 0 aliphatic carbocycles. The Bertz CT molecular complexity index is 802. The number of rotatable bonds is 6. The Morgan fingerprint density at radius 1 is 0.923 bits per heavy atom. The predicted octanol–water partition coefficient (Wildman–Crippen LogP) is 2.39. The van der Waals surface area contributed by atoms with Crippen LogP contribution in [0.3, 0.4) is 0 Å². The zero-order chi connectivity index (χ0) is 18.9. The Kier molecular flexibility index (Phi) is 6.91. The van der Waals surface area contributed by atoms with Crippen LogP contribution in [-0.2, 0) is 16.1 Å². The minimum Gasteiger partial charge on any atom is -0.348 e. The van der Waals surface area contributed by atoms with Gasteiger partial charge < -0.3 is 16.0 Å². The molecule has 0 aliphatic heterocycles. The van der Waals surface area contributed by atoms with Gasteiger partial charge in [-0.25, -0.2) is 0 Å². The minimum absolute atomic E-state index is 0.297. The van der Waals surface area contributed by atoms with E-state index in [1.807, 2.05) is 38.1 Å². The standard InChI is InChI=1S/C20H23N3O3/c1-3-11-21-19(25)20(26)23-17-10-5-4-9-16(17)18(24)22-13-15-8-6-7-14(2)12-15/h4-10,12H,3,11,13H2,1-2H3,(H,21,25)(H,22,24)(H,23,26). The molecule has 3 amide bonds. The normalized spacial score (nSPS) is 10.1. The first kappa shape index (κ1) is 19.2. The predicted molar refractivity (Wildman–Crippen MR) is 101 cm³/mol. The highest BCUT2D eigenvalue weighted by Crippen LogP contribution is 2.15. The Balaban J connectivity index is 2.04. The first-order chi connectivity index (χ1) is 12.5. The monoisotopic (exact) mass is 353 g/mol. The number of anilines is 1. The summed E-state index contributed by atoms with van der Waals surface area (Å²) in [4.78, 5) is 36.1. The smallest absolute Gasteiger partial charge is 0.313 e. The van der Waals surface area contributed by atoms with Crippen molar-refractivity contribution in [1.82, 2.24) is 10.6 Å². The number of carbonyl (C=O) groups excluding carboxylic acids is 3. The summed E-state index contributed by atoms with van der Waals surface area (Å²) >= 11 is 0. The number of amides is 3. The molecule has 2 rings (SSSR count). The third-order valence-corrected chi connectivity index (χ3v) is 3.70. The number of nitrogens with one attached hydrogen (secondary N) is 3. The molecule has 0 atom stereocenters. The Morgan fingerprint density at radius 3 is 2.42 bits per heavy atom. The lowest BCUT2D eigenvalue weighted by Crippen LogP contribution is -2.36. The highest BCUT2D eigenvalue weighted by Gasteiger charge is 2.17. The van der Waals surface area contributed by atoms with E-state index in [9.17, 15) is 14.4 Å². The van der Waals surface area contributed by atoms with Crippen LogP contribution in [0.15, 0.2) is 48.5 Å². The van der Waals surface area contributed by atoms with Gasteiger partial charge in [-0.05, 0) is 31.0 Å². The van der Waals surface area contributed by atoms with Crippen molar-refractivity contribution < 1.29 is 14.4 Å². The van der Waals surface area contributed by atoms with Gasteiger partial charge in [0.15, 0.2) is 0 Å². The molecule has 3 N–H and O–H groups in total. The van der Waals surface area contributed by atoms with Gasteiger partial charge in [0.05, 0.1) is 11.3 Å². The molecule has 2 aromatic carbocycles. The van der Waals surface area contributed by atoms with Gasteiger partial charge in [-0.3, -0.25) is 14.4 Å². The average molecular weight is 353 g/mol. The summed E-state index contributed by atoms with van der Waals surface area (Å²) in [5, 5.41) is 7.83. The lowest BCUT2D eigenvalue weighted by molar-refractivity contribution is -0.136. The van der Waals surface area contributed by atoms with E-state index in [2.05, 4.69) is 16.0 Å². The second-order valence-electron chi connectivity index (χ2n) is 5.93. The van der Waals surface area contributed by atoms with Crippen molar-refractivity contribution >= 4 is 23.4 Å². The number of carbonyl (C=O) groups is 3. The van der Waals surface area contributed by atoms with E-state index < -0.39 is 11.8 Å². The minimum atomic E-state index is -0.794. The summed E-state index contributed by atoms with van der Waals surface area (Å²) in [5.41, 5.74) is 2.70. The van der Waals surface area contributed by atoms with E-state index in [4.69, 9.17) is 0 Å². The van der Waals surface area contributed by atoms with Gasteiger partial charge in [0.1, 0.15) is 0 Å². The molecule has 0 heterocycles. The first-order valence-corrected chi connectivity index (χ1v) is 8.53. The number of aryl methyl sites for hydroxylation is 1. The molecule has 6 nitrogen and oxygen atoms in total. The highest BCUT2D eigenvalue weighted by atomic mass is 16.2. The zero-order valence-electron chi connectivity index (χ0n) is 15.0. The molecule has 0 saturated heterocycles. The number of para-hydroxylation sites is 1. The van der Waals surface area contributed by atoms with Crippen LogP contribution < -0.4 is 16.0 Å². The average Bonchev–Trinajstić information content (AvgIpc) is 2.64. The molecule has 0 aromatic heterocycles. The summed E-state index contributed by atoms with van der Waals surface area (Å²) in [6, 6.07) is 14.4. The molecule has 0 fully saturated rings. The second kappa shape index (κ2) is 9.36. The fourth-order valence-corrected chi connectivity index (χ4v) is 2.39. The highest BCUT2D eigenvalue weighted by molar-refractivity contribution is 6.40. The molecular formula is C20H23N3O3. The maximum Gasteiger partial charge on any atom is 0.313 e. The van der Waals surface area contributed by atoms with E-state index in [1.165, 1.54) is 0 Å². The Morgan fingerprint density at radius 2 is 1.69 bits per heavy atom. The van der Waals surface area contributed by atoms with Crippen molar-refractivity contribution in [2.45, 2.75) is 26.8 Å². The van der Waals surface area contributed by atoms with Gasteiger partial charge in [0.2, 0.25) is 0 Å². The molecule has 0 saturated carbocycles. The van der Waals surface area contributed by atoms with Crippen LogP contribution in [0.1, 0.15) is 34.8 Å². The quantitative estimate of drug-likeness (QED) is 0.697. The van der Waals surface area contributed by atoms with E-state index >= 15 is 0 Å². The van der Waals surface area contributed by atoms with Gasteiger partial charge in [-0.15, -0.1) is 0 Å². The van der Waals surface area contributed by atoms with Crippen LogP contribution in [-0.4, -0.2) is 24.3 Å². The Labute approximate surface area is 153 Å². The largest absolute Gasteiger partial charge is 0.348 e. The van der Waals surface area contributed by atoms with Gasteiger partial charge in [-0.1, -0.05) is 48.9 Å². The maximum atomic E-state index is 12.5. The zero-order valence-corrected chi connectivity index (χ0v) is 15.0. The fraction of sp³-hybridized carbons (Fsp3) is 0.250. The fourth-order valence-electron chi connectivity index (χ4n) is 2.39. The summed E-state index contributed by atoms with van der Waals surface area (Å²) in [7, 11) is 0. The van der Waals surface area contributed by atoms with Crippen LogP contribution >= 0.6 is 0 Å². The van der Waals surface area contributed by atoms with Crippen LogP contribution in [0.5, 0.6) is 0 Å². The lowest BCUT2D eigenvalue weighted by Gasteiger charge is -2.11. The number of benzene rings is 2. The van der Waals surface area contributed by atoms with E-state index in [0.717, 1.165) is 17.5 Å². The molecule has 0 bridgehead atoms. The lowest BCUT2D eigenvalue weighted by atomic mass is 10.1. The number of hydrogen-bond donors (Lipinski definition) is 3. The Hall–Kier alpha value is -3.15. The first-order valence-electron chi connectivity index (χ1n) is 8.53. The van der Waals surface area contributed by atoms with E-state index in [0.29, 0.717) is 24.3 Å². The third-order valence-electron chi connectivity index (χ3n) is 3.70. The van der Waals surface area contributed by atoms with Crippen molar-refractivity contribution in [3.63, 3.8) is 0 Å². The topological polar surface area (TPSA) is 87.3 Å². The van der Waals surface area contributed by atoms with Crippen molar-refractivity contribution in [2.24, 2.45) is 0 Å². The summed E-state index contributed by atoms with van der Waals surface area (Å²) in [6.07, 6.45) is 0.733. The van der Waals surface area contributed by atoms with Crippen LogP contribution in [0.25, 0.3) is 0 Å². The van der Waals surface area contributed by atoms with E-state index in [-0.39, 0.29) is 5.91 Å². The molecule has 0 radical (unpaired) electrons. The van der Waals surface area contributed by atoms with Gasteiger partial charge in [0, 0.05) is 13.1 Å². The third kappa shape index (κ3) is 5.44. The molecular weight excluding hydrogens is 330 g/mol. The molecule has 6 heteroatoms. The molecule has 136 valence electrons. The number of hydrogen-bond acceptors (Lipinski definition) is 3. The van der Waals surface area contributed by atoms with Crippen molar-refractivity contribution in [1.29, 1.82) is 0 Å². The van der Waals surface area contributed by atoms with E-state index in [1.54, 1.807) is 24.3 Å². The van der Waals surface area contributed by atoms with Crippen LogP contribution in [0.2, 0.25) is 0 Å². The molecule has 26 heavy (non-hydrogen) atoms. The molecule has 2 aromatic rings. The summed E-state index contributed by atoms with van der Waals surface area (Å²) in [6.45, 7) is 4.68. The molecule has 0 spiro atoms. The van der Waals surface area contributed by atoms with Gasteiger partial charge in [0.25, 0.3) is 5.91 Å². The van der Waals surface area contributed by atoms with Gasteiger partial charge >= 0.3 is 11.8 Å². The summed E-state index contributed by atoms with van der Waals surface area (Å²) in [5.74, 6) is -1.84. The van der Waals surface area contributed by atoms with Crippen LogP contribution in [0, 0.1) is 6.92 Å².